The van der Waals surface area contributed by atoms with Gasteiger partial charge in [-0.15, -0.1) is 0 Å². The van der Waals surface area contributed by atoms with Crippen LogP contribution in [0, 0.1) is 0 Å². The molecule has 0 radical (unpaired) electrons. The van der Waals surface area contributed by atoms with Crippen LogP contribution in [0.4, 0.5) is 22.0 Å². The number of hydrogen-bond donors (Lipinski definition) is 1. The van der Waals surface area contributed by atoms with Crippen LogP contribution in [0.15, 0.2) is 24.3 Å². The van der Waals surface area contributed by atoms with Crippen LogP contribution in [0.5, 0.6) is 5.75 Å². The molecular weight excluding hydrogens is 295 g/mol. The zero-order chi connectivity index (χ0) is 15.5. The second-order valence-electron chi connectivity index (χ2n) is 4.65. The number of halogens is 5. The molecular formula is C13H15F5N2O. The first kappa shape index (κ1) is 16.0. The van der Waals surface area contributed by atoms with E-state index in [0.717, 1.165) is 6.07 Å². The maximum atomic E-state index is 13.4. The fourth-order valence-electron chi connectivity index (χ4n) is 2.43. The summed E-state index contributed by atoms with van der Waals surface area (Å²) in [6.45, 7) is -1.95. The van der Waals surface area contributed by atoms with Crippen molar-refractivity contribution in [3.05, 3.63) is 29.8 Å². The third-order valence-corrected chi connectivity index (χ3v) is 3.26. The molecule has 0 amide bonds. The summed E-state index contributed by atoms with van der Waals surface area (Å²) in [5, 5.41) is 2.96. The molecule has 1 aliphatic rings. The van der Waals surface area contributed by atoms with Gasteiger partial charge in [-0.3, -0.25) is 4.90 Å². The Morgan fingerprint density at radius 1 is 1.10 bits per heavy atom. The number of benzene rings is 1. The Bertz CT molecular complexity index is 460. The van der Waals surface area contributed by atoms with Crippen molar-refractivity contribution in [2.24, 2.45) is 0 Å². The smallest absolute Gasteiger partial charge is 0.408 e. The lowest BCUT2D eigenvalue weighted by Gasteiger charge is -2.36. The first-order chi connectivity index (χ1) is 9.89. The molecule has 1 aliphatic heterocycles. The summed E-state index contributed by atoms with van der Waals surface area (Å²) < 4.78 is 69.2. The molecule has 1 N–H and O–H groups in total. The summed E-state index contributed by atoms with van der Waals surface area (Å²) in [5.74, 6) is -0.437. The van der Waals surface area contributed by atoms with Gasteiger partial charge in [-0.2, -0.15) is 22.0 Å². The molecule has 1 aromatic carbocycles. The zero-order valence-corrected chi connectivity index (χ0v) is 11.0. The van der Waals surface area contributed by atoms with Gasteiger partial charge in [0.1, 0.15) is 11.8 Å². The number of ether oxygens (including phenoxy) is 1. The van der Waals surface area contributed by atoms with Crippen molar-refractivity contribution in [1.82, 2.24) is 10.2 Å². The average molecular weight is 310 g/mol. The van der Waals surface area contributed by atoms with E-state index in [-0.39, 0.29) is 18.7 Å². The van der Waals surface area contributed by atoms with Crippen molar-refractivity contribution in [2.75, 3.05) is 26.2 Å². The minimum absolute atomic E-state index is 0.188. The lowest BCUT2D eigenvalue weighted by Crippen LogP contribution is -2.49. The Kier molecular flexibility index (Phi) is 5.00. The number of alkyl halides is 5. The molecule has 0 saturated carbocycles. The molecule has 0 bridgehead atoms. The van der Waals surface area contributed by atoms with Gasteiger partial charge < -0.3 is 10.1 Å². The summed E-state index contributed by atoms with van der Waals surface area (Å²) in [6.07, 6.45) is -4.57. The Morgan fingerprint density at radius 3 is 2.29 bits per heavy atom. The highest BCUT2D eigenvalue weighted by Gasteiger charge is 2.46. The van der Waals surface area contributed by atoms with E-state index in [4.69, 9.17) is 0 Å². The molecule has 1 aromatic rings. The topological polar surface area (TPSA) is 24.5 Å². The van der Waals surface area contributed by atoms with E-state index in [2.05, 4.69) is 10.1 Å². The number of piperazine rings is 1. The van der Waals surface area contributed by atoms with Crippen molar-refractivity contribution in [3.8, 4) is 5.75 Å². The van der Waals surface area contributed by atoms with Crippen LogP contribution in [0.25, 0.3) is 0 Å². The predicted octanol–water partition coefficient (Wildman–Crippen LogP) is 2.80. The molecule has 21 heavy (non-hydrogen) atoms. The van der Waals surface area contributed by atoms with Gasteiger partial charge in [0.05, 0.1) is 0 Å². The standard InChI is InChI=1S/C13H15F5N2O/c14-12(15)21-10-4-2-1-3-9(10)11(13(16,17)18)20-7-5-19-6-8-20/h1-4,11-12,19H,5-8H2/t11-/m0/s1. The molecule has 2 rings (SSSR count). The van der Waals surface area contributed by atoms with Crippen LogP contribution in [0.2, 0.25) is 0 Å². The SMILES string of the molecule is FC(F)Oc1ccccc1[C@H](N1CCNCC1)C(F)(F)F. The molecule has 8 heteroatoms. The number of nitrogens with one attached hydrogen (secondary N) is 1. The molecule has 0 aliphatic carbocycles. The largest absolute Gasteiger partial charge is 0.434 e. The first-order valence-electron chi connectivity index (χ1n) is 6.45. The summed E-state index contributed by atoms with van der Waals surface area (Å²) in [4.78, 5) is 1.23. The van der Waals surface area contributed by atoms with Crippen LogP contribution in [-0.4, -0.2) is 43.9 Å². The lowest BCUT2D eigenvalue weighted by atomic mass is 10.0. The van der Waals surface area contributed by atoms with Crippen molar-refractivity contribution in [3.63, 3.8) is 0 Å². The van der Waals surface area contributed by atoms with Gasteiger partial charge >= 0.3 is 12.8 Å². The van der Waals surface area contributed by atoms with E-state index in [0.29, 0.717) is 13.1 Å². The number of para-hydroxylation sites is 1. The fraction of sp³-hybridized carbons (Fsp3) is 0.538. The molecule has 1 atom stereocenters. The number of hydrogen-bond acceptors (Lipinski definition) is 3. The van der Waals surface area contributed by atoms with E-state index >= 15 is 0 Å². The zero-order valence-electron chi connectivity index (χ0n) is 11.0. The fourth-order valence-corrected chi connectivity index (χ4v) is 2.43. The number of rotatable bonds is 4. The van der Waals surface area contributed by atoms with Crippen molar-refractivity contribution < 1.29 is 26.7 Å². The highest BCUT2D eigenvalue weighted by molar-refractivity contribution is 5.37. The van der Waals surface area contributed by atoms with Crippen LogP contribution in [-0.2, 0) is 0 Å². The Hall–Kier alpha value is -1.41. The third-order valence-electron chi connectivity index (χ3n) is 3.26. The van der Waals surface area contributed by atoms with Gasteiger partial charge in [0.25, 0.3) is 0 Å². The third kappa shape index (κ3) is 4.04. The van der Waals surface area contributed by atoms with Gasteiger partial charge in [0, 0.05) is 31.7 Å². The minimum atomic E-state index is -4.57. The maximum Gasteiger partial charge on any atom is 0.408 e. The van der Waals surface area contributed by atoms with Gasteiger partial charge in [0.15, 0.2) is 0 Å². The Balaban J connectivity index is 2.36. The van der Waals surface area contributed by atoms with E-state index < -0.39 is 24.6 Å². The van der Waals surface area contributed by atoms with Crippen LogP contribution < -0.4 is 10.1 Å². The molecule has 3 nitrogen and oxygen atoms in total. The molecule has 0 spiro atoms. The molecule has 118 valence electrons. The minimum Gasteiger partial charge on any atom is -0.434 e. The van der Waals surface area contributed by atoms with E-state index in [1.54, 1.807) is 0 Å². The predicted molar refractivity (Wildman–Crippen MR) is 66.3 cm³/mol. The highest BCUT2D eigenvalue weighted by atomic mass is 19.4. The summed E-state index contributed by atoms with van der Waals surface area (Å²) in [7, 11) is 0. The van der Waals surface area contributed by atoms with Gasteiger partial charge in [-0.1, -0.05) is 18.2 Å². The average Bonchev–Trinajstić information content (AvgIpc) is 2.40. The lowest BCUT2D eigenvalue weighted by molar-refractivity contribution is -0.188. The second-order valence-corrected chi connectivity index (χ2v) is 4.65. The molecule has 1 fully saturated rings. The molecule has 1 heterocycles. The van der Waals surface area contributed by atoms with Crippen molar-refractivity contribution in [2.45, 2.75) is 18.8 Å². The molecule has 1 saturated heterocycles. The molecule has 0 unspecified atom stereocenters. The van der Waals surface area contributed by atoms with E-state index in [1.165, 1.54) is 23.1 Å². The van der Waals surface area contributed by atoms with Crippen molar-refractivity contribution in [1.29, 1.82) is 0 Å². The Labute approximate surface area is 118 Å². The normalized spacial score (nSPS) is 18.8. The second kappa shape index (κ2) is 6.57. The van der Waals surface area contributed by atoms with Crippen molar-refractivity contribution >= 4 is 0 Å². The monoisotopic (exact) mass is 310 g/mol. The molecule has 0 aromatic heterocycles. The van der Waals surface area contributed by atoms with Gasteiger partial charge in [-0.05, 0) is 6.07 Å². The van der Waals surface area contributed by atoms with Crippen LogP contribution in [0.3, 0.4) is 0 Å². The van der Waals surface area contributed by atoms with Crippen LogP contribution >= 0.6 is 0 Å². The van der Waals surface area contributed by atoms with Gasteiger partial charge in [0.2, 0.25) is 0 Å². The highest BCUT2D eigenvalue weighted by Crippen LogP contribution is 2.41. The quantitative estimate of drug-likeness (QED) is 0.866. The maximum absolute atomic E-state index is 13.4. The first-order valence-corrected chi connectivity index (χ1v) is 6.45. The van der Waals surface area contributed by atoms with Crippen LogP contribution in [0.1, 0.15) is 11.6 Å². The summed E-state index contributed by atoms with van der Waals surface area (Å²) >= 11 is 0. The summed E-state index contributed by atoms with van der Waals surface area (Å²) in [6, 6.07) is 3.11. The Morgan fingerprint density at radius 2 is 1.71 bits per heavy atom. The summed E-state index contributed by atoms with van der Waals surface area (Å²) in [5.41, 5.74) is -0.285. The van der Waals surface area contributed by atoms with Gasteiger partial charge in [-0.25, -0.2) is 0 Å². The van der Waals surface area contributed by atoms with E-state index in [1.807, 2.05) is 0 Å². The van der Waals surface area contributed by atoms with E-state index in [9.17, 15) is 22.0 Å². The number of nitrogens with zero attached hydrogens (tertiary/aromatic N) is 1.